The van der Waals surface area contributed by atoms with E-state index in [0.29, 0.717) is 6.42 Å². The second kappa shape index (κ2) is 7.47. The highest BCUT2D eigenvalue weighted by atomic mass is 16.1. The number of rotatable bonds is 5. The monoisotopic (exact) mass is 172 g/mol. The molecule has 4 heteroatoms. The summed E-state index contributed by atoms with van der Waals surface area (Å²) in [6.07, 6.45) is 7.49. The lowest BCUT2D eigenvalue weighted by atomic mass is 9.67. The summed E-state index contributed by atoms with van der Waals surface area (Å²) < 4.78 is 0. The van der Waals surface area contributed by atoms with Gasteiger partial charge < -0.3 is 5.23 Å². The molecule has 0 aliphatic heterocycles. The zero-order valence-corrected chi connectivity index (χ0v) is 7.79. The Morgan fingerprint density at radius 3 is 2.85 bits per heavy atom. The normalized spacial score (nSPS) is 11.3. The van der Waals surface area contributed by atoms with Crippen LogP contribution in [0, 0.1) is 0 Å². The van der Waals surface area contributed by atoms with Crippen LogP contribution in [0.5, 0.6) is 0 Å². The van der Waals surface area contributed by atoms with E-state index in [1.54, 1.807) is 12.2 Å². The third kappa shape index (κ3) is 6.02. The molecule has 0 aliphatic rings. The van der Waals surface area contributed by atoms with E-state index in [4.69, 9.17) is 7.74 Å². The number of nitrogens with one attached hydrogen (secondary N) is 1. The number of allylic oxidation sites excluding steroid dienone is 4. The van der Waals surface area contributed by atoms with Gasteiger partial charge in [0, 0.05) is 7.74 Å². The highest BCUT2D eigenvalue weighted by molar-refractivity contribution is 6.89. The Balaban J connectivity index is 4.06. The molecule has 0 spiro atoms. The van der Waals surface area contributed by atoms with Crippen molar-refractivity contribution in [1.29, 1.82) is 0 Å². The van der Waals surface area contributed by atoms with Crippen molar-refractivity contribution in [2.45, 2.75) is 13.3 Å². The molecular formula is C9H12B2NO. The molecule has 0 aromatic heterocycles. The van der Waals surface area contributed by atoms with Crippen molar-refractivity contribution in [3.8, 4) is 0 Å². The average molecular weight is 172 g/mol. The maximum absolute atomic E-state index is 11.1. The lowest BCUT2D eigenvalue weighted by molar-refractivity contribution is -0.118. The maximum atomic E-state index is 11.1. The van der Waals surface area contributed by atoms with Gasteiger partial charge in [0.2, 0.25) is 5.91 Å². The summed E-state index contributed by atoms with van der Waals surface area (Å²) in [4.78, 5) is 11.1. The molecule has 0 atom stereocenters. The van der Waals surface area contributed by atoms with E-state index in [2.05, 4.69) is 11.8 Å². The van der Waals surface area contributed by atoms with Crippen molar-refractivity contribution in [1.82, 2.24) is 5.23 Å². The quantitative estimate of drug-likeness (QED) is 0.483. The van der Waals surface area contributed by atoms with Gasteiger partial charge in [-0.3, -0.25) is 4.79 Å². The third-order valence-corrected chi connectivity index (χ3v) is 1.43. The molecule has 0 aliphatic carbocycles. The molecule has 0 aromatic carbocycles. The fraction of sp³-hybridized carbons (Fsp3) is 0.222. The van der Waals surface area contributed by atoms with Crippen LogP contribution in [0.15, 0.2) is 36.5 Å². The molecule has 0 rings (SSSR count). The molecule has 0 saturated carbocycles. The Morgan fingerprint density at radius 2 is 2.38 bits per heavy atom. The van der Waals surface area contributed by atoms with Gasteiger partial charge in [-0.2, -0.15) is 0 Å². The van der Waals surface area contributed by atoms with Crippen molar-refractivity contribution in [3.05, 3.63) is 36.5 Å². The van der Waals surface area contributed by atoms with Crippen LogP contribution in [-0.4, -0.2) is 20.9 Å². The summed E-state index contributed by atoms with van der Waals surface area (Å²) in [5.74, 6) is -0.121. The van der Waals surface area contributed by atoms with Crippen LogP contribution in [0.3, 0.4) is 0 Å². The first-order valence-electron chi connectivity index (χ1n) is 4.01. The zero-order valence-electron chi connectivity index (χ0n) is 7.79. The second-order valence-corrected chi connectivity index (χ2v) is 2.37. The van der Waals surface area contributed by atoms with Gasteiger partial charge in [0.05, 0.1) is 6.42 Å². The lowest BCUT2D eigenvalue weighted by Crippen LogP contribution is -2.27. The lowest BCUT2D eigenvalue weighted by Gasteiger charge is -2.01. The van der Waals surface area contributed by atoms with Gasteiger partial charge in [0.1, 0.15) is 0 Å². The first kappa shape index (κ1) is 11.8. The molecule has 3 radical (unpaired) electrons. The highest BCUT2D eigenvalue weighted by Gasteiger charge is 2.00. The van der Waals surface area contributed by atoms with Crippen molar-refractivity contribution >= 4 is 20.9 Å². The van der Waals surface area contributed by atoms with Crippen LogP contribution >= 0.6 is 0 Å². The second-order valence-electron chi connectivity index (χ2n) is 2.37. The molecule has 0 bridgehead atoms. The minimum Gasteiger partial charge on any atom is -0.412 e. The fourth-order valence-electron chi connectivity index (χ4n) is 0.778. The number of amides is 1. The van der Waals surface area contributed by atoms with Gasteiger partial charge in [-0.05, 0) is 12.5 Å². The van der Waals surface area contributed by atoms with Gasteiger partial charge in [0.15, 0.2) is 7.31 Å². The fourth-order valence-corrected chi connectivity index (χ4v) is 0.778. The van der Waals surface area contributed by atoms with Gasteiger partial charge in [-0.25, -0.2) is 0 Å². The van der Waals surface area contributed by atoms with Crippen LogP contribution in [0.25, 0.3) is 0 Å². The molecule has 0 heterocycles. The van der Waals surface area contributed by atoms with E-state index in [-0.39, 0.29) is 5.91 Å². The van der Waals surface area contributed by atoms with Crippen LogP contribution in [0.1, 0.15) is 13.3 Å². The van der Waals surface area contributed by atoms with E-state index in [1.165, 1.54) is 0 Å². The van der Waals surface area contributed by atoms with E-state index in [9.17, 15) is 4.79 Å². The molecule has 0 unspecified atom stereocenters. The summed E-state index contributed by atoms with van der Waals surface area (Å²) in [5, 5.41) is 2.40. The molecule has 2 nitrogen and oxygen atoms in total. The van der Waals surface area contributed by atoms with Crippen molar-refractivity contribution in [2.75, 3.05) is 0 Å². The van der Waals surface area contributed by atoms with Gasteiger partial charge in [0.25, 0.3) is 0 Å². The Kier molecular flexibility index (Phi) is 6.79. The Bertz CT molecular complexity index is 234. The highest BCUT2D eigenvalue weighted by Crippen LogP contribution is 2.02. The van der Waals surface area contributed by atoms with E-state index in [0.717, 1.165) is 12.9 Å². The van der Waals surface area contributed by atoms with E-state index < -0.39 is 0 Å². The number of hydrogen-bond donors (Lipinski definition) is 1. The molecule has 1 N–H and O–H groups in total. The average Bonchev–Trinajstić information content (AvgIpc) is 2.12. The minimum absolute atomic E-state index is 0.121. The Morgan fingerprint density at radius 1 is 1.69 bits per heavy atom. The molecule has 0 saturated heterocycles. The zero-order chi connectivity index (χ0) is 10.1. The summed E-state index contributed by atoms with van der Waals surface area (Å²) in [7, 11) is 6.17. The molecular weight excluding hydrogens is 160 g/mol. The molecule has 0 fully saturated rings. The number of carbonyl (C=O) groups is 1. The topological polar surface area (TPSA) is 29.1 Å². The predicted molar refractivity (Wildman–Crippen MR) is 57.4 cm³/mol. The van der Waals surface area contributed by atoms with Crippen molar-refractivity contribution in [3.63, 3.8) is 0 Å². The predicted octanol–water partition coefficient (Wildman–Crippen LogP) is 0.884. The number of hydrogen-bond acceptors (Lipinski definition) is 1. The Hall–Kier alpha value is -1.18. The first-order valence-corrected chi connectivity index (χ1v) is 4.01. The van der Waals surface area contributed by atoms with Gasteiger partial charge in [-0.1, -0.05) is 30.9 Å². The number of carbonyl (C=O) groups excluding carboxylic acids is 1. The van der Waals surface area contributed by atoms with E-state index in [1.807, 2.05) is 19.1 Å². The molecule has 1 amide bonds. The van der Waals surface area contributed by atoms with Gasteiger partial charge >= 0.3 is 0 Å². The smallest absolute Gasteiger partial charge is 0.211 e. The van der Waals surface area contributed by atoms with Crippen LogP contribution in [0.4, 0.5) is 0 Å². The largest absolute Gasteiger partial charge is 0.412 e. The maximum Gasteiger partial charge on any atom is 0.211 e. The molecule has 65 valence electrons. The molecule has 0 aromatic rings. The standard InChI is InChI=1S/C9H12B2NO/c1-3-5-6-8(4-2)7-9(13)12-11-10/h3-6H,1,7H2,2H3,(H,12,13)/b6-5-,8-4+. The van der Waals surface area contributed by atoms with Crippen molar-refractivity contribution in [2.24, 2.45) is 0 Å². The minimum atomic E-state index is -0.121. The van der Waals surface area contributed by atoms with Crippen LogP contribution in [-0.2, 0) is 4.79 Å². The van der Waals surface area contributed by atoms with Gasteiger partial charge in [-0.15, -0.1) is 0 Å². The molecule has 13 heavy (non-hydrogen) atoms. The van der Waals surface area contributed by atoms with Crippen LogP contribution in [0.2, 0.25) is 0 Å². The first-order chi connectivity index (χ1) is 6.24. The summed E-state index contributed by atoms with van der Waals surface area (Å²) in [5.41, 5.74) is 0.930. The van der Waals surface area contributed by atoms with E-state index >= 15 is 0 Å². The van der Waals surface area contributed by atoms with Crippen molar-refractivity contribution < 1.29 is 4.79 Å². The van der Waals surface area contributed by atoms with Crippen LogP contribution < -0.4 is 5.23 Å². The third-order valence-electron chi connectivity index (χ3n) is 1.43. The summed E-state index contributed by atoms with van der Waals surface area (Å²) in [6.45, 7) is 5.42. The SMILES string of the molecule is [B][B]NC(=O)CC(/C=C\C=C)=C/C. The Labute approximate surface area is 81.4 Å². The summed E-state index contributed by atoms with van der Waals surface area (Å²) >= 11 is 0. The summed E-state index contributed by atoms with van der Waals surface area (Å²) in [6, 6.07) is 0.